The van der Waals surface area contributed by atoms with Crippen molar-refractivity contribution in [1.29, 1.82) is 0 Å². The van der Waals surface area contributed by atoms with Crippen molar-refractivity contribution >= 4 is 27.8 Å². The summed E-state index contributed by atoms with van der Waals surface area (Å²) in [6.07, 6.45) is 1.02. The molecule has 1 rings (SSSR count). The molecule has 0 radical (unpaired) electrons. The van der Waals surface area contributed by atoms with Gasteiger partial charge in [0.1, 0.15) is 11.8 Å². The zero-order chi connectivity index (χ0) is 13.7. The van der Waals surface area contributed by atoms with Gasteiger partial charge in [-0.05, 0) is 40.5 Å². The Morgan fingerprint density at radius 1 is 1.44 bits per heavy atom. The van der Waals surface area contributed by atoms with Gasteiger partial charge in [-0.3, -0.25) is 4.79 Å². The Balaban J connectivity index is 2.80. The van der Waals surface area contributed by atoms with Crippen molar-refractivity contribution in [3.05, 3.63) is 28.2 Å². The highest BCUT2D eigenvalue weighted by atomic mass is 79.9. The van der Waals surface area contributed by atoms with Crippen LogP contribution in [0.1, 0.15) is 30.1 Å². The predicted molar refractivity (Wildman–Crippen MR) is 69.6 cm³/mol. The van der Waals surface area contributed by atoms with E-state index in [1.165, 1.54) is 18.2 Å². The van der Waals surface area contributed by atoms with E-state index in [-0.39, 0.29) is 11.3 Å². The first-order valence-corrected chi connectivity index (χ1v) is 6.27. The van der Waals surface area contributed by atoms with Crippen molar-refractivity contribution < 1.29 is 19.8 Å². The summed E-state index contributed by atoms with van der Waals surface area (Å²) in [6.45, 7) is 1.84. The van der Waals surface area contributed by atoms with E-state index in [0.29, 0.717) is 17.3 Å². The lowest BCUT2D eigenvalue weighted by molar-refractivity contribution is -0.139. The fourth-order valence-electron chi connectivity index (χ4n) is 1.44. The summed E-state index contributed by atoms with van der Waals surface area (Å²) in [5, 5.41) is 20.8. The maximum Gasteiger partial charge on any atom is 0.326 e. The molecule has 18 heavy (non-hydrogen) atoms. The molecule has 0 spiro atoms. The number of halogens is 1. The van der Waals surface area contributed by atoms with E-state index in [1.807, 2.05) is 6.92 Å². The van der Waals surface area contributed by atoms with Crippen LogP contribution >= 0.6 is 15.9 Å². The van der Waals surface area contributed by atoms with Gasteiger partial charge >= 0.3 is 5.97 Å². The molecule has 1 unspecified atom stereocenters. The van der Waals surface area contributed by atoms with Gasteiger partial charge in [0, 0.05) is 5.56 Å². The summed E-state index contributed by atoms with van der Waals surface area (Å²) in [5.74, 6) is -1.64. The van der Waals surface area contributed by atoms with Crippen molar-refractivity contribution in [2.45, 2.75) is 25.8 Å². The molecule has 0 aliphatic carbocycles. The number of hydrogen-bond donors (Lipinski definition) is 3. The number of benzene rings is 1. The smallest absolute Gasteiger partial charge is 0.326 e. The predicted octanol–water partition coefficient (Wildman–Crippen LogP) is 2.14. The molecule has 6 heteroatoms. The summed E-state index contributed by atoms with van der Waals surface area (Å²) >= 11 is 3.10. The van der Waals surface area contributed by atoms with Crippen LogP contribution in [0, 0.1) is 0 Å². The van der Waals surface area contributed by atoms with Crippen LogP contribution in [0.25, 0.3) is 0 Å². The standard InChI is InChI=1S/C12H14BrNO4/c1-2-3-9(12(17)18)14-11(16)7-4-5-8(13)10(15)6-7/h4-6,9,15H,2-3H2,1H3,(H,14,16)(H,17,18). The average molecular weight is 316 g/mol. The minimum atomic E-state index is -1.06. The molecular formula is C12H14BrNO4. The second-order valence-electron chi connectivity index (χ2n) is 3.82. The number of phenols is 1. The van der Waals surface area contributed by atoms with E-state index >= 15 is 0 Å². The lowest BCUT2D eigenvalue weighted by atomic mass is 10.1. The van der Waals surface area contributed by atoms with Crippen LogP contribution in [0.3, 0.4) is 0 Å². The Kier molecular flexibility index (Phi) is 5.15. The van der Waals surface area contributed by atoms with Crippen molar-refractivity contribution in [3.63, 3.8) is 0 Å². The molecule has 0 bridgehead atoms. The molecule has 0 aromatic heterocycles. The van der Waals surface area contributed by atoms with Gasteiger partial charge in [0.25, 0.3) is 5.91 Å². The molecule has 0 saturated carbocycles. The number of aromatic hydroxyl groups is 1. The molecule has 3 N–H and O–H groups in total. The molecule has 0 aliphatic rings. The van der Waals surface area contributed by atoms with Gasteiger partial charge in [-0.25, -0.2) is 4.79 Å². The van der Waals surface area contributed by atoms with Crippen molar-refractivity contribution in [3.8, 4) is 5.75 Å². The zero-order valence-corrected chi connectivity index (χ0v) is 11.4. The van der Waals surface area contributed by atoms with E-state index in [2.05, 4.69) is 21.2 Å². The van der Waals surface area contributed by atoms with Crippen molar-refractivity contribution in [1.82, 2.24) is 5.32 Å². The third kappa shape index (κ3) is 3.73. The highest BCUT2D eigenvalue weighted by Crippen LogP contribution is 2.24. The second kappa shape index (κ2) is 6.39. The third-order valence-electron chi connectivity index (χ3n) is 2.39. The number of phenolic OH excluding ortho intramolecular Hbond substituents is 1. The molecule has 0 saturated heterocycles. The Morgan fingerprint density at radius 3 is 2.61 bits per heavy atom. The molecule has 1 atom stereocenters. The van der Waals surface area contributed by atoms with E-state index < -0.39 is 17.9 Å². The number of carbonyl (C=O) groups is 2. The largest absolute Gasteiger partial charge is 0.507 e. The zero-order valence-electron chi connectivity index (χ0n) is 9.81. The van der Waals surface area contributed by atoms with Crippen LogP contribution in [-0.2, 0) is 4.79 Å². The summed E-state index contributed by atoms with van der Waals surface area (Å²) < 4.78 is 0.474. The van der Waals surface area contributed by atoms with Gasteiger partial charge in [-0.2, -0.15) is 0 Å². The van der Waals surface area contributed by atoms with Gasteiger partial charge in [-0.15, -0.1) is 0 Å². The number of nitrogens with one attached hydrogen (secondary N) is 1. The molecule has 0 heterocycles. The number of aliphatic carboxylic acids is 1. The normalized spacial score (nSPS) is 11.9. The molecule has 1 aromatic rings. The topological polar surface area (TPSA) is 86.6 Å². The van der Waals surface area contributed by atoms with Crippen LogP contribution in [0.5, 0.6) is 5.75 Å². The first-order chi connectivity index (χ1) is 8.45. The van der Waals surface area contributed by atoms with E-state index in [9.17, 15) is 14.7 Å². The highest BCUT2D eigenvalue weighted by Gasteiger charge is 2.19. The van der Waals surface area contributed by atoms with Crippen molar-refractivity contribution in [2.75, 3.05) is 0 Å². The molecule has 1 aromatic carbocycles. The Bertz CT molecular complexity index is 461. The average Bonchev–Trinajstić information content (AvgIpc) is 2.31. The number of carbonyl (C=O) groups excluding carboxylic acids is 1. The van der Waals surface area contributed by atoms with Crippen LogP contribution in [-0.4, -0.2) is 28.1 Å². The minimum absolute atomic E-state index is 0.0648. The van der Waals surface area contributed by atoms with Gasteiger partial charge in [0.15, 0.2) is 0 Å². The first-order valence-electron chi connectivity index (χ1n) is 5.48. The number of hydrogen-bond acceptors (Lipinski definition) is 3. The third-order valence-corrected chi connectivity index (χ3v) is 3.06. The Morgan fingerprint density at radius 2 is 2.11 bits per heavy atom. The van der Waals surface area contributed by atoms with Gasteiger partial charge in [0.2, 0.25) is 0 Å². The van der Waals surface area contributed by atoms with Crippen LogP contribution in [0.4, 0.5) is 0 Å². The van der Waals surface area contributed by atoms with Gasteiger partial charge in [-0.1, -0.05) is 13.3 Å². The monoisotopic (exact) mass is 315 g/mol. The quantitative estimate of drug-likeness (QED) is 0.777. The SMILES string of the molecule is CCCC(NC(=O)c1ccc(Br)c(O)c1)C(=O)O. The summed E-state index contributed by atoms with van der Waals surface area (Å²) in [5.41, 5.74) is 0.220. The number of amides is 1. The molecule has 1 amide bonds. The van der Waals surface area contributed by atoms with E-state index in [4.69, 9.17) is 5.11 Å². The second-order valence-corrected chi connectivity index (χ2v) is 4.67. The highest BCUT2D eigenvalue weighted by molar-refractivity contribution is 9.10. The van der Waals surface area contributed by atoms with E-state index in [0.717, 1.165) is 0 Å². The maximum absolute atomic E-state index is 11.8. The number of carboxylic acids is 1. The molecular weight excluding hydrogens is 302 g/mol. The summed E-state index contributed by atoms with van der Waals surface area (Å²) in [6, 6.07) is 3.40. The summed E-state index contributed by atoms with van der Waals surface area (Å²) in [7, 11) is 0. The molecule has 0 fully saturated rings. The lowest BCUT2D eigenvalue weighted by Gasteiger charge is -2.13. The number of rotatable bonds is 5. The fraction of sp³-hybridized carbons (Fsp3) is 0.333. The van der Waals surface area contributed by atoms with Gasteiger partial charge < -0.3 is 15.5 Å². The Labute approximate surface area is 113 Å². The molecule has 98 valence electrons. The van der Waals surface area contributed by atoms with Crippen LogP contribution < -0.4 is 5.32 Å². The van der Waals surface area contributed by atoms with Crippen LogP contribution in [0.15, 0.2) is 22.7 Å². The lowest BCUT2D eigenvalue weighted by Crippen LogP contribution is -2.40. The van der Waals surface area contributed by atoms with Crippen molar-refractivity contribution in [2.24, 2.45) is 0 Å². The number of carboxylic acid groups (broad SMARTS) is 1. The van der Waals surface area contributed by atoms with Gasteiger partial charge in [0.05, 0.1) is 4.47 Å². The first kappa shape index (κ1) is 14.5. The minimum Gasteiger partial charge on any atom is -0.507 e. The summed E-state index contributed by atoms with van der Waals surface area (Å²) in [4.78, 5) is 22.7. The fourth-order valence-corrected chi connectivity index (χ4v) is 1.69. The van der Waals surface area contributed by atoms with E-state index in [1.54, 1.807) is 0 Å². The molecule has 5 nitrogen and oxygen atoms in total. The van der Waals surface area contributed by atoms with Crippen LogP contribution in [0.2, 0.25) is 0 Å². The molecule has 0 aliphatic heterocycles. The Hall–Kier alpha value is -1.56. The maximum atomic E-state index is 11.8.